The molecule has 0 aromatic carbocycles. The van der Waals surface area contributed by atoms with Crippen LogP contribution in [0.3, 0.4) is 0 Å². The molecule has 2 bridgehead atoms. The summed E-state index contributed by atoms with van der Waals surface area (Å²) >= 11 is 0. The van der Waals surface area contributed by atoms with Crippen LogP contribution in [-0.2, 0) is 0 Å². The van der Waals surface area contributed by atoms with Crippen molar-refractivity contribution in [2.45, 2.75) is 49.7 Å². The van der Waals surface area contributed by atoms with Crippen LogP contribution >= 0.6 is 0 Å². The minimum atomic E-state index is 0. The monoisotopic (exact) mass is 171 g/mol. The van der Waals surface area contributed by atoms with E-state index in [4.69, 9.17) is 5.26 Å². The predicted molar refractivity (Wildman–Crippen MR) is 48.0 cm³/mol. The Hall–Kier alpha value is 0.555. The molecule has 2 heterocycles. The largest absolute Gasteiger partial charge is 1.00 e. The molecule has 0 aromatic heterocycles. The van der Waals surface area contributed by atoms with Gasteiger partial charge >= 0.3 is 29.6 Å². The van der Waals surface area contributed by atoms with Gasteiger partial charge in [0.25, 0.3) is 0 Å². The maximum absolute atomic E-state index is 9.04. The van der Waals surface area contributed by atoms with Gasteiger partial charge in [0.2, 0.25) is 0 Å². The zero-order valence-electron chi connectivity index (χ0n) is 8.97. The van der Waals surface area contributed by atoms with E-state index in [1.807, 2.05) is 0 Å². The number of fused-ring (bicyclic) bond motifs is 2. The summed E-state index contributed by atoms with van der Waals surface area (Å²) in [7, 11) is 1.21. The molecule has 0 aromatic rings. The van der Waals surface area contributed by atoms with E-state index in [1.165, 1.54) is 45.8 Å². The van der Waals surface area contributed by atoms with Crippen molar-refractivity contribution in [3.63, 3.8) is 0 Å². The van der Waals surface area contributed by atoms with Gasteiger partial charge in [-0.2, -0.15) is 5.26 Å². The van der Waals surface area contributed by atoms with Gasteiger partial charge in [0.05, 0.1) is 6.07 Å². The van der Waals surface area contributed by atoms with Gasteiger partial charge in [0.15, 0.2) is 0 Å². The predicted octanol–water partition coefficient (Wildman–Crippen LogP) is -0.622. The summed E-state index contributed by atoms with van der Waals surface area (Å²) in [6.07, 6.45) is 7.75. The topological polar surface area (TPSA) is 23.8 Å². The standard InChI is InChI=1S/C9H14BN.Na.H/c11-7-9-5-1-3-8(10-9)4-2-6-9;;/h8,10H,1-6H2;;/q;+1;-1. The first kappa shape index (κ1) is 10.6. The molecule has 0 unspecified atom stereocenters. The molecule has 2 rings (SSSR count). The van der Waals surface area contributed by atoms with Crippen LogP contribution in [0.4, 0.5) is 0 Å². The first-order valence-electron chi connectivity index (χ1n) is 4.76. The molecule has 12 heavy (non-hydrogen) atoms. The molecule has 60 valence electrons. The Labute approximate surface area is 98.9 Å². The molecule has 0 radical (unpaired) electrons. The molecule has 0 N–H and O–H groups in total. The summed E-state index contributed by atoms with van der Waals surface area (Å²) in [6, 6.07) is 2.55. The molecule has 0 atom stereocenters. The first-order chi connectivity index (χ1) is 5.35. The van der Waals surface area contributed by atoms with Crippen LogP contribution in [0, 0.1) is 11.3 Å². The molecular formula is C9H15BNNa. The van der Waals surface area contributed by atoms with Crippen molar-refractivity contribution in [3.8, 4) is 6.07 Å². The minimum Gasteiger partial charge on any atom is -1.00 e. The maximum Gasteiger partial charge on any atom is 1.00 e. The van der Waals surface area contributed by atoms with E-state index < -0.39 is 0 Å². The molecule has 3 heteroatoms. The quantitative estimate of drug-likeness (QED) is 0.445. The van der Waals surface area contributed by atoms with E-state index in [-0.39, 0.29) is 36.3 Å². The van der Waals surface area contributed by atoms with E-state index in [9.17, 15) is 0 Å². The van der Waals surface area contributed by atoms with Gasteiger partial charge < -0.3 is 1.43 Å². The Morgan fingerprint density at radius 3 is 2.33 bits per heavy atom. The number of nitrogens with zero attached hydrogens (tertiary/aromatic N) is 1. The first-order valence-corrected chi connectivity index (χ1v) is 4.76. The maximum atomic E-state index is 9.04. The number of hydrogen-bond donors (Lipinski definition) is 0. The third kappa shape index (κ3) is 1.89. The van der Waals surface area contributed by atoms with Crippen LogP contribution in [0.15, 0.2) is 0 Å². The van der Waals surface area contributed by atoms with Gasteiger partial charge in [0.1, 0.15) is 7.28 Å². The molecule has 2 saturated heterocycles. The van der Waals surface area contributed by atoms with E-state index >= 15 is 0 Å². The van der Waals surface area contributed by atoms with Gasteiger partial charge in [-0.3, -0.25) is 0 Å². The molecule has 2 aliphatic rings. The number of nitriles is 1. The smallest absolute Gasteiger partial charge is 1.00 e. The second-order valence-electron chi connectivity index (χ2n) is 4.25. The van der Waals surface area contributed by atoms with E-state index in [2.05, 4.69) is 6.07 Å². The Balaban J connectivity index is 0.000000720. The molecule has 2 fully saturated rings. The van der Waals surface area contributed by atoms with Crippen molar-refractivity contribution in [3.05, 3.63) is 0 Å². The molecule has 0 aliphatic carbocycles. The summed E-state index contributed by atoms with van der Waals surface area (Å²) in [5.41, 5.74) is 0. The molecule has 0 saturated carbocycles. The van der Waals surface area contributed by atoms with Crippen LogP contribution < -0.4 is 29.6 Å². The summed E-state index contributed by atoms with van der Waals surface area (Å²) in [5.74, 6) is 0.900. The Bertz CT molecular complexity index is 194. The Morgan fingerprint density at radius 1 is 1.33 bits per heavy atom. The van der Waals surface area contributed by atoms with Crippen molar-refractivity contribution >= 4 is 7.28 Å². The third-order valence-electron chi connectivity index (χ3n) is 3.45. The molecular weight excluding hydrogens is 156 g/mol. The average Bonchev–Trinajstić information content (AvgIpc) is 2.05. The van der Waals surface area contributed by atoms with Crippen molar-refractivity contribution in [2.75, 3.05) is 0 Å². The van der Waals surface area contributed by atoms with Crippen LogP contribution in [-0.4, -0.2) is 7.28 Å². The van der Waals surface area contributed by atoms with Gasteiger partial charge in [-0.15, -0.1) is 0 Å². The van der Waals surface area contributed by atoms with Crippen LogP contribution in [0.1, 0.15) is 40.0 Å². The second-order valence-corrected chi connectivity index (χ2v) is 4.25. The number of rotatable bonds is 0. The van der Waals surface area contributed by atoms with Crippen molar-refractivity contribution < 1.29 is 31.0 Å². The summed E-state index contributed by atoms with van der Waals surface area (Å²) < 4.78 is 0. The Kier molecular flexibility index (Phi) is 3.70. The second kappa shape index (κ2) is 4.18. The molecule has 0 spiro atoms. The van der Waals surface area contributed by atoms with E-state index in [1.54, 1.807) is 0 Å². The van der Waals surface area contributed by atoms with Crippen LogP contribution in [0.5, 0.6) is 0 Å². The van der Waals surface area contributed by atoms with Crippen molar-refractivity contribution in [2.24, 2.45) is 0 Å². The normalized spacial score (nSPS) is 38.8. The fraction of sp³-hybridized carbons (Fsp3) is 0.889. The van der Waals surface area contributed by atoms with Crippen molar-refractivity contribution in [1.29, 1.82) is 5.26 Å². The summed E-state index contributed by atoms with van der Waals surface area (Å²) in [5, 5.41) is 9.17. The van der Waals surface area contributed by atoms with Gasteiger partial charge in [-0.05, 0) is 12.8 Å². The summed E-state index contributed by atoms with van der Waals surface area (Å²) in [4.78, 5) is 0. The average molecular weight is 171 g/mol. The zero-order valence-corrected chi connectivity index (χ0v) is 9.97. The van der Waals surface area contributed by atoms with Gasteiger partial charge in [-0.25, -0.2) is 0 Å². The molecule has 2 aliphatic heterocycles. The Morgan fingerprint density at radius 2 is 1.92 bits per heavy atom. The van der Waals surface area contributed by atoms with Gasteiger partial charge in [-0.1, -0.05) is 31.5 Å². The zero-order chi connectivity index (χ0) is 7.73. The SMILES string of the molecule is N#CC12BC(CCC1)CCC2.[H-].[Na+]. The van der Waals surface area contributed by atoms with Crippen molar-refractivity contribution in [1.82, 2.24) is 0 Å². The van der Waals surface area contributed by atoms with E-state index in [0.717, 1.165) is 5.82 Å². The van der Waals surface area contributed by atoms with E-state index in [0.29, 0.717) is 0 Å². The van der Waals surface area contributed by atoms with Gasteiger partial charge in [0, 0.05) is 5.31 Å². The molecule has 0 amide bonds. The fourth-order valence-electron chi connectivity index (χ4n) is 2.85. The molecule has 1 nitrogen and oxygen atoms in total. The van der Waals surface area contributed by atoms with Crippen LogP contribution in [0.25, 0.3) is 0 Å². The number of hydrogen-bond acceptors (Lipinski definition) is 1. The minimum absolute atomic E-state index is 0. The fourth-order valence-corrected chi connectivity index (χ4v) is 2.85. The van der Waals surface area contributed by atoms with Crippen LogP contribution in [0.2, 0.25) is 11.1 Å². The third-order valence-corrected chi connectivity index (χ3v) is 3.45. The summed E-state index contributed by atoms with van der Waals surface area (Å²) in [6.45, 7) is 0.